The van der Waals surface area contributed by atoms with Gasteiger partial charge in [-0.2, -0.15) is 5.10 Å². The molecule has 4 rings (SSSR count). The monoisotopic (exact) mass is 526 g/mol. The maximum Gasteiger partial charge on any atom is 0.213 e. The number of aliphatic imine (C=N–C) groups is 1. The Kier molecular flexibility index (Phi) is 8.32. The summed E-state index contributed by atoms with van der Waals surface area (Å²) in [5.41, 5.74) is 2.19. The number of morpholine rings is 1. The molecule has 3 heterocycles. The van der Waals surface area contributed by atoms with Crippen LogP contribution in [0.2, 0.25) is 0 Å². The molecule has 8 nitrogen and oxygen atoms in total. The number of halogens is 1. The van der Waals surface area contributed by atoms with Crippen LogP contribution >= 0.6 is 24.0 Å². The maximum absolute atomic E-state index is 5.96. The number of guanidine groups is 1. The number of aryl methyl sites for hydroxylation is 1. The lowest BCUT2D eigenvalue weighted by Crippen LogP contribution is -2.48. The molecule has 1 saturated heterocycles. The Labute approximate surface area is 195 Å². The molecule has 9 heteroatoms. The lowest BCUT2D eigenvalue weighted by Gasteiger charge is -2.34. The summed E-state index contributed by atoms with van der Waals surface area (Å²) in [4.78, 5) is 11.4. The van der Waals surface area contributed by atoms with E-state index in [1.807, 2.05) is 36.3 Å². The van der Waals surface area contributed by atoms with Crippen LogP contribution in [0.4, 0.5) is 0 Å². The second-order valence-electron chi connectivity index (χ2n) is 7.68. The third-order valence-electron chi connectivity index (χ3n) is 5.17. The second kappa shape index (κ2) is 10.9. The van der Waals surface area contributed by atoms with E-state index in [2.05, 4.69) is 27.2 Å². The van der Waals surface area contributed by atoms with Crippen molar-refractivity contribution < 1.29 is 9.47 Å². The molecule has 0 spiro atoms. The molecular formula is C21H31IN6O2. The van der Waals surface area contributed by atoms with Gasteiger partial charge in [-0.3, -0.25) is 4.68 Å². The number of nitrogens with zero attached hydrogens (tertiary/aromatic N) is 5. The summed E-state index contributed by atoms with van der Waals surface area (Å²) in [6, 6.07) is 3.99. The zero-order valence-electron chi connectivity index (χ0n) is 17.7. The minimum atomic E-state index is 0. The van der Waals surface area contributed by atoms with E-state index in [-0.39, 0.29) is 30.1 Å². The molecule has 2 aliphatic rings. The third kappa shape index (κ3) is 6.31. The van der Waals surface area contributed by atoms with Crippen LogP contribution in [-0.2, 0) is 18.3 Å². The first-order valence-corrected chi connectivity index (χ1v) is 10.4. The van der Waals surface area contributed by atoms with Gasteiger partial charge in [0.2, 0.25) is 5.88 Å². The summed E-state index contributed by atoms with van der Waals surface area (Å²) in [5.74, 6) is 2.31. The molecule has 0 radical (unpaired) electrons. The Morgan fingerprint density at radius 3 is 3.00 bits per heavy atom. The minimum Gasteiger partial charge on any atom is -0.477 e. The zero-order valence-corrected chi connectivity index (χ0v) is 20.0. The largest absolute Gasteiger partial charge is 0.477 e. The molecule has 0 amide bonds. The molecule has 1 aliphatic carbocycles. The molecule has 1 atom stereocenters. The lowest BCUT2D eigenvalue weighted by atomic mass is 10.1. The van der Waals surface area contributed by atoms with Crippen molar-refractivity contribution in [1.29, 1.82) is 0 Å². The van der Waals surface area contributed by atoms with Gasteiger partial charge in [0.1, 0.15) is 6.10 Å². The Morgan fingerprint density at radius 2 is 2.27 bits per heavy atom. The van der Waals surface area contributed by atoms with Crippen molar-refractivity contribution in [3.63, 3.8) is 0 Å². The summed E-state index contributed by atoms with van der Waals surface area (Å²) in [6.45, 7) is 6.49. The van der Waals surface area contributed by atoms with E-state index in [1.165, 1.54) is 12.8 Å². The predicted octanol–water partition coefficient (Wildman–Crippen LogP) is 2.76. The standard InChI is InChI=1S/C21H30N6O2.HI/c1-3-22-21(27-8-9-28-19(14-27)18-12-25-26(2)13-18)24-11-17-6-7-23-20(10-17)29-15-16-4-5-16;/h6-7,10,12-13,16,19H,3-5,8-9,11,14-15H2,1-2H3,(H,22,24);1H. The molecule has 164 valence electrons. The van der Waals surface area contributed by atoms with Crippen LogP contribution in [0, 0.1) is 5.92 Å². The lowest BCUT2D eigenvalue weighted by molar-refractivity contribution is -0.00805. The molecule has 1 aliphatic heterocycles. The first-order valence-electron chi connectivity index (χ1n) is 10.4. The Bertz CT molecular complexity index is 838. The Balaban J connectivity index is 0.00000256. The highest BCUT2D eigenvalue weighted by Gasteiger charge is 2.25. The third-order valence-corrected chi connectivity index (χ3v) is 5.17. The minimum absolute atomic E-state index is 0. The number of rotatable bonds is 7. The van der Waals surface area contributed by atoms with Gasteiger partial charge in [-0.15, -0.1) is 24.0 Å². The van der Waals surface area contributed by atoms with Crippen LogP contribution in [0.25, 0.3) is 0 Å². The van der Waals surface area contributed by atoms with Gasteiger partial charge in [0.15, 0.2) is 5.96 Å². The first kappa shape index (κ1) is 22.8. The average Bonchev–Trinajstić information content (AvgIpc) is 3.48. The molecule has 2 aromatic heterocycles. The average molecular weight is 526 g/mol. The molecule has 1 saturated carbocycles. The van der Waals surface area contributed by atoms with Gasteiger partial charge in [0, 0.05) is 44.2 Å². The predicted molar refractivity (Wildman–Crippen MR) is 126 cm³/mol. The zero-order chi connectivity index (χ0) is 20.1. The molecular weight excluding hydrogens is 495 g/mol. The van der Waals surface area contributed by atoms with E-state index >= 15 is 0 Å². The molecule has 30 heavy (non-hydrogen) atoms. The maximum atomic E-state index is 5.96. The quantitative estimate of drug-likeness (QED) is 0.340. The SMILES string of the molecule is CCNC(=NCc1ccnc(OCC2CC2)c1)N1CCOC(c2cnn(C)c2)C1.I. The van der Waals surface area contributed by atoms with Crippen molar-refractivity contribution in [3.05, 3.63) is 41.9 Å². The fourth-order valence-electron chi connectivity index (χ4n) is 3.36. The Hall–Kier alpha value is -1.88. The number of hydrogen-bond donors (Lipinski definition) is 1. The fraction of sp³-hybridized carbons (Fsp3) is 0.571. The molecule has 1 unspecified atom stereocenters. The number of pyridine rings is 1. The van der Waals surface area contributed by atoms with Gasteiger partial charge in [-0.25, -0.2) is 9.98 Å². The van der Waals surface area contributed by atoms with E-state index in [1.54, 1.807) is 6.20 Å². The van der Waals surface area contributed by atoms with Gasteiger partial charge < -0.3 is 19.7 Å². The number of hydrogen-bond acceptors (Lipinski definition) is 5. The number of ether oxygens (including phenoxy) is 2. The molecule has 0 aromatic carbocycles. The van der Waals surface area contributed by atoms with E-state index in [0.29, 0.717) is 24.9 Å². The van der Waals surface area contributed by atoms with Gasteiger partial charge >= 0.3 is 0 Å². The highest BCUT2D eigenvalue weighted by atomic mass is 127. The first-order chi connectivity index (χ1) is 14.2. The van der Waals surface area contributed by atoms with E-state index < -0.39 is 0 Å². The van der Waals surface area contributed by atoms with Crippen molar-refractivity contribution in [2.45, 2.75) is 32.4 Å². The summed E-state index contributed by atoms with van der Waals surface area (Å²) in [6.07, 6.45) is 8.24. The van der Waals surface area contributed by atoms with E-state index in [4.69, 9.17) is 14.5 Å². The van der Waals surface area contributed by atoms with Crippen LogP contribution in [0.5, 0.6) is 5.88 Å². The van der Waals surface area contributed by atoms with Crippen LogP contribution in [0.3, 0.4) is 0 Å². The van der Waals surface area contributed by atoms with Crippen LogP contribution in [0.15, 0.2) is 35.7 Å². The topological polar surface area (TPSA) is 76.8 Å². The van der Waals surface area contributed by atoms with Crippen LogP contribution in [-0.4, -0.2) is 58.5 Å². The summed E-state index contributed by atoms with van der Waals surface area (Å²) < 4.78 is 13.6. The van der Waals surface area contributed by atoms with Crippen LogP contribution in [0.1, 0.15) is 37.0 Å². The summed E-state index contributed by atoms with van der Waals surface area (Å²) in [7, 11) is 1.92. The van der Waals surface area contributed by atoms with Gasteiger partial charge in [-0.05, 0) is 37.3 Å². The normalized spacial score (nSPS) is 19.3. The van der Waals surface area contributed by atoms with Crippen molar-refractivity contribution in [2.75, 3.05) is 32.8 Å². The molecule has 2 fully saturated rings. The highest BCUT2D eigenvalue weighted by Crippen LogP contribution is 2.29. The summed E-state index contributed by atoms with van der Waals surface area (Å²) in [5, 5.41) is 7.68. The highest BCUT2D eigenvalue weighted by molar-refractivity contribution is 14.0. The van der Waals surface area contributed by atoms with Gasteiger partial charge in [0.05, 0.1) is 32.5 Å². The van der Waals surface area contributed by atoms with Crippen molar-refractivity contribution in [1.82, 2.24) is 25.0 Å². The fourth-order valence-corrected chi connectivity index (χ4v) is 3.36. The molecule has 1 N–H and O–H groups in total. The Morgan fingerprint density at radius 1 is 1.40 bits per heavy atom. The summed E-state index contributed by atoms with van der Waals surface area (Å²) >= 11 is 0. The van der Waals surface area contributed by atoms with Crippen LogP contribution < -0.4 is 10.1 Å². The smallest absolute Gasteiger partial charge is 0.213 e. The number of nitrogens with one attached hydrogen (secondary N) is 1. The van der Waals surface area contributed by atoms with E-state index in [9.17, 15) is 0 Å². The van der Waals surface area contributed by atoms with E-state index in [0.717, 1.165) is 43.3 Å². The molecule has 0 bridgehead atoms. The van der Waals surface area contributed by atoms with Gasteiger partial charge in [0.25, 0.3) is 0 Å². The molecule has 2 aromatic rings. The number of aromatic nitrogens is 3. The van der Waals surface area contributed by atoms with Crippen molar-refractivity contribution in [3.8, 4) is 5.88 Å². The van der Waals surface area contributed by atoms with Gasteiger partial charge in [-0.1, -0.05) is 0 Å². The van der Waals surface area contributed by atoms with Crippen molar-refractivity contribution >= 4 is 29.9 Å². The van der Waals surface area contributed by atoms with Crippen molar-refractivity contribution in [2.24, 2.45) is 18.0 Å². The second-order valence-corrected chi connectivity index (χ2v) is 7.68.